The van der Waals surface area contributed by atoms with Gasteiger partial charge in [0, 0.05) is 14.1 Å². The molecule has 0 atom stereocenters. The van der Waals surface area contributed by atoms with Gasteiger partial charge in [-0.1, -0.05) is 19.9 Å². The lowest BCUT2D eigenvalue weighted by molar-refractivity contribution is 0.0824. The predicted octanol–water partition coefficient (Wildman–Crippen LogP) is 1.90. The van der Waals surface area contributed by atoms with Crippen molar-refractivity contribution in [3.63, 3.8) is 0 Å². The van der Waals surface area contributed by atoms with Crippen LogP contribution in [0.1, 0.15) is 24.2 Å². The van der Waals surface area contributed by atoms with Crippen molar-refractivity contribution in [1.29, 1.82) is 0 Å². The zero-order valence-corrected chi connectivity index (χ0v) is 15.0. The number of hydrogen-bond donors (Lipinski definition) is 4. The third kappa shape index (κ3) is 3.39. The average molecular weight is 359 g/mol. The zero-order valence-electron chi connectivity index (χ0n) is 15.0. The molecule has 0 spiro atoms. The summed E-state index contributed by atoms with van der Waals surface area (Å²) in [6.07, 6.45) is 0.833. The second kappa shape index (κ2) is 7.30. The van der Waals surface area contributed by atoms with E-state index in [1.165, 1.54) is 17.0 Å². The fourth-order valence-corrected chi connectivity index (χ4v) is 2.29. The molecule has 8 heteroatoms. The number of phenolic OH excluding ortho intramolecular Hbond substituents is 1. The van der Waals surface area contributed by atoms with Crippen LogP contribution in [0.2, 0.25) is 0 Å². The largest absolute Gasteiger partial charge is 0.514 e. The van der Waals surface area contributed by atoms with Gasteiger partial charge in [0.1, 0.15) is 11.4 Å². The molecule has 0 aliphatic heterocycles. The van der Waals surface area contributed by atoms with Crippen LogP contribution in [-0.4, -0.2) is 35.1 Å². The molecule has 2 aromatic carbocycles. The Kier molecular flexibility index (Phi) is 5.35. The summed E-state index contributed by atoms with van der Waals surface area (Å²) in [5, 5.41) is 25.0. The molecule has 2 aromatic rings. The Balaban J connectivity index is 2.38. The number of benzene rings is 1. The molecule has 0 aliphatic rings. The Bertz CT molecular complexity index is 937. The molecule has 0 aliphatic carbocycles. The Morgan fingerprint density at radius 3 is 2.31 bits per heavy atom. The van der Waals surface area contributed by atoms with E-state index in [9.17, 15) is 24.6 Å². The van der Waals surface area contributed by atoms with E-state index in [1.807, 2.05) is 0 Å². The quantitative estimate of drug-likeness (QED) is 0.353. The number of nitrogens with zero attached hydrogens (tertiary/aromatic N) is 1. The van der Waals surface area contributed by atoms with Crippen LogP contribution in [0, 0.1) is 5.92 Å². The first kappa shape index (κ1) is 19.0. The number of para-hydroxylation sites is 1. The van der Waals surface area contributed by atoms with Gasteiger partial charge in [-0.3, -0.25) is 14.4 Å². The van der Waals surface area contributed by atoms with Gasteiger partial charge in [0.2, 0.25) is 0 Å². The topological polar surface area (TPSA) is 119 Å². The minimum Gasteiger partial charge on any atom is -0.514 e. The summed E-state index contributed by atoms with van der Waals surface area (Å²) in [6, 6.07) is 4.48. The van der Waals surface area contributed by atoms with Gasteiger partial charge in [0.15, 0.2) is 5.75 Å². The zero-order chi connectivity index (χ0) is 19.6. The van der Waals surface area contributed by atoms with E-state index in [-0.39, 0.29) is 34.3 Å². The standard InChI is InChI=1S/C18H21N3O5/c1-9(2)12(8-22)20-14-13(16(24)17(14)25)19-11-7-5-6-10(15(11)23)18(26)21(3)4/h5-9,19-20,22-23H,1-4H3/b12-8+. The maximum atomic E-state index is 12.1. The molecule has 26 heavy (non-hydrogen) atoms. The summed E-state index contributed by atoms with van der Waals surface area (Å²) in [5.74, 6) is -0.835. The average Bonchev–Trinajstić information content (AvgIpc) is 2.60. The maximum absolute atomic E-state index is 12.1. The van der Waals surface area contributed by atoms with E-state index in [2.05, 4.69) is 10.6 Å². The van der Waals surface area contributed by atoms with Crippen molar-refractivity contribution in [1.82, 2.24) is 4.90 Å². The molecule has 0 fully saturated rings. The first-order valence-corrected chi connectivity index (χ1v) is 7.94. The molecule has 138 valence electrons. The fourth-order valence-electron chi connectivity index (χ4n) is 2.29. The number of aliphatic hydroxyl groups excluding tert-OH is 1. The van der Waals surface area contributed by atoms with E-state index in [4.69, 9.17) is 0 Å². The van der Waals surface area contributed by atoms with Crippen LogP contribution < -0.4 is 21.5 Å². The van der Waals surface area contributed by atoms with Crippen molar-refractivity contribution in [3.05, 3.63) is 56.2 Å². The number of aromatic hydroxyl groups is 1. The number of phenols is 1. The Labute approximate surface area is 150 Å². The summed E-state index contributed by atoms with van der Waals surface area (Å²) in [5.41, 5.74) is -0.989. The monoisotopic (exact) mass is 359 g/mol. The number of carbonyl (C=O) groups is 1. The molecule has 0 bridgehead atoms. The van der Waals surface area contributed by atoms with E-state index in [0.29, 0.717) is 5.70 Å². The third-order valence-corrected chi connectivity index (χ3v) is 3.87. The smallest absolute Gasteiger partial charge is 0.257 e. The molecule has 0 heterocycles. The van der Waals surface area contributed by atoms with Crippen molar-refractivity contribution in [2.75, 3.05) is 24.7 Å². The Hall–Kier alpha value is -3.29. The Morgan fingerprint density at radius 1 is 1.15 bits per heavy atom. The van der Waals surface area contributed by atoms with Gasteiger partial charge in [-0.15, -0.1) is 0 Å². The van der Waals surface area contributed by atoms with Crippen LogP contribution in [0.15, 0.2) is 39.7 Å². The van der Waals surface area contributed by atoms with Crippen molar-refractivity contribution in [2.24, 2.45) is 5.92 Å². The molecular weight excluding hydrogens is 338 g/mol. The summed E-state index contributed by atoms with van der Waals surface area (Å²) in [7, 11) is 3.10. The van der Waals surface area contributed by atoms with Crippen LogP contribution in [0.4, 0.5) is 17.1 Å². The van der Waals surface area contributed by atoms with Crippen molar-refractivity contribution >= 4 is 23.0 Å². The second-order valence-corrected chi connectivity index (χ2v) is 6.30. The van der Waals surface area contributed by atoms with Crippen LogP contribution >= 0.6 is 0 Å². The van der Waals surface area contributed by atoms with E-state index in [0.717, 1.165) is 6.26 Å². The van der Waals surface area contributed by atoms with Crippen molar-refractivity contribution < 1.29 is 15.0 Å². The molecule has 0 saturated heterocycles. The van der Waals surface area contributed by atoms with Crippen molar-refractivity contribution in [2.45, 2.75) is 13.8 Å². The number of hydrogen-bond acceptors (Lipinski definition) is 7. The molecule has 1 amide bonds. The number of carbonyl (C=O) groups excluding carboxylic acids is 1. The summed E-state index contributed by atoms with van der Waals surface area (Å²) in [6.45, 7) is 3.60. The van der Waals surface area contributed by atoms with Crippen LogP contribution in [0.3, 0.4) is 0 Å². The van der Waals surface area contributed by atoms with E-state index < -0.39 is 16.8 Å². The van der Waals surface area contributed by atoms with Gasteiger partial charge in [-0.05, 0) is 18.1 Å². The van der Waals surface area contributed by atoms with Crippen LogP contribution in [-0.2, 0) is 0 Å². The second-order valence-electron chi connectivity index (χ2n) is 6.30. The van der Waals surface area contributed by atoms with Crippen molar-refractivity contribution in [3.8, 4) is 5.75 Å². The normalized spacial score (nSPS) is 11.7. The lowest BCUT2D eigenvalue weighted by Gasteiger charge is -2.19. The summed E-state index contributed by atoms with van der Waals surface area (Å²) >= 11 is 0. The first-order chi connectivity index (χ1) is 12.2. The highest BCUT2D eigenvalue weighted by Crippen LogP contribution is 2.32. The van der Waals surface area contributed by atoms with Crippen LogP contribution in [0.5, 0.6) is 5.75 Å². The third-order valence-electron chi connectivity index (χ3n) is 3.87. The first-order valence-electron chi connectivity index (χ1n) is 7.94. The fraction of sp³-hybridized carbons (Fsp3) is 0.278. The lowest BCUT2D eigenvalue weighted by atomic mass is 10.1. The maximum Gasteiger partial charge on any atom is 0.257 e. The lowest BCUT2D eigenvalue weighted by Crippen LogP contribution is -2.37. The van der Waals surface area contributed by atoms with Gasteiger partial charge in [0.05, 0.1) is 23.2 Å². The number of rotatable bonds is 6. The Morgan fingerprint density at radius 2 is 1.77 bits per heavy atom. The minimum absolute atomic E-state index is 0.00672. The number of amides is 1. The van der Waals surface area contributed by atoms with Crippen LogP contribution in [0.25, 0.3) is 0 Å². The van der Waals surface area contributed by atoms with Gasteiger partial charge in [-0.25, -0.2) is 0 Å². The molecule has 4 N–H and O–H groups in total. The minimum atomic E-state index is -0.753. The number of nitrogens with one attached hydrogen (secondary N) is 2. The molecule has 0 unspecified atom stereocenters. The van der Waals surface area contributed by atoms with E-state index >= 15 is 0 Å². The number of anilines is 3. The molecule has 2 rings (SSSR count). The highest BCUT2D eigenvalue weighted by atomic mass is 16.3. The van der Waals surface area contributed by atoms with Gasteiger partial charge < -0.3 is 25.7 Å². The van der Waals surface area contributed by atoms with Gasteiger partial charge >= 0.3 is 0 Å². The predicted molar refractivity (Wildman–Crippen MR) is 99.9 cm³/mol. The molecule has 8 nitrogen and oxygen atoms in total. The van der Waals surface area contributed by atoms with E-state index in [1.54, 1.807) is 34.0 Å². The molecule has 0 aromatic heterocycles. The highest BCUT2D eigenvalue weighted by Gasteiger charge is 2.24. The highest BCUT2D eigenvalue weighted by molar-refractivity contribution is 5.99. The molecule has 0 radical (unpaired) electrons. The number of allylic oxidation sites excluding steroid dienone is 1. The molecular formula is C18H21N3O5. The van der Waals surface area contributed by atoms with Gasteiger partial charge in [0.25, 0.3) is 16.8 Å². The summed E-state index contributed by atoms with van der Waals surface area (Å²) < 4.78 is 0. The summed E-state index contributed by atoms with van der Waals surface area (Å²) in [4.78, 5) is 37.1. The molecule has 0 saturated carbocycles. The SMILES string of the molecule is CC(C)/C(=C\O)Nc1c(Nc2cccc(C(=O)N(C)C)c2O)c(=O)c1=O. The van der Waals surface area contributed by atoms with Gasteiger partial charge in [-0.2, -0.15) is 0 Å². The number of aliphatic hydroxyl groups is 1.